The van der Waals surface area contributed by atoms with Crippen LogP contribution in [0.2, 0.25) is 0 Å². The summed E-state index contributed by atoms with van der Waals surface area (Å²) in [5.41, 5.74) is 2.97. The zero-order valence-corrected chi connectivity index (χ0v) is 9.49. The zero-order chi connectivity index (χ0) is 11.7. The second-order valence-electron chi connectivity index (χ2n) is 3.42. The first kappa shape index (κ1) is 9.98. The van der Waals surface area contributed by atoms with Crippen molar-refractivity contribution in [3.8, 4) is 0 Å². The molecule has 5 nitrogen and oxygen atoms in total. The van der Waals surface area contributed by atoms with Crippen molar-refractivity contribution < 1.29 is 4.79 Å². The second-order valence-corrected chi connectivity index (χ2v) is 4.31. The lowest BCUT2D eigenvalue weighted by molar-refractivity contribution is 0.102. The average molecular weight is 244 g/mol. The Morgan fingerprint density at radius 3 is 3.24 bits per heavy atom. The predicted octanol–water partition coefficient (Wildman–Crippen LogP) is 2.27. The average Bonchev–Trinajstić information content (AvgIpc) is 2.96. The molecule has 0 aliphatic rings. The van der Waals surface area contributed by atoms with Gasteiger partial charge < -0.3 is 10.3 Å². The minimum absolute atomic E-state index is 0.159. The third-order valence-electron chi connectivity index (χ3n) is 2.36. The fourth-order valence-electron chi connectivity index (χ4n) is 1.60. The number of anilines is 1. The van der Waals surface area contributed by atoms with Crippen molar-refractivity contribution in [1.82, 2.24) is 15.0 Å². The maximum atomic E-state index is 12.0. The molecule has 84 valence electrons. The van der Waals surface area contributed by atoms with Crippen molar-refractivity contribution >= 4 is 33.3 Å². The molecular weight excluding hydrogens is 236 g/mol. The smallest absolute Gasteiger partial charge is 0.258 e. The summed E-state index contributed by atoms with van der Waals surface area (Å²) in [7, 11) is 0. The monoisotopic (exact) mass is 244 g/mol. The normalized spacial score (nSPS) is 10.6. The molecule has 0 aliphatic carbocycles. The molecule has 17 heavy (non-hydrogen) atoms. The van der Waals surface area contributed by atoms with Crippen LogP contribution in [0.4, 0.5) is 5.00 Å². The van der Waals surface area contributed by atoms with Crippen LogP contribution in [-0.2, 0) is 0 Å². The number of hydrogen-bond acceptors (Lipinski definition) is 4. The number of carbonyl (C=O) groups excluding carboxylic acids is 1. The Kier molecular flexibility index (Phi) is 2.34. The van der Waals surface area contributed by atoms with E-state index in [0.29, 0.717) is 11.2 Å². The third-order valence-corrected chi connectivity index (χ3v) is 3.05. The molecular formula is C11H8N4OS. The van der Waals surface area contributed by atoms with Crippen LogP contribution in [0.5, 0.6) is 0 Å². The summed E-state index contributed by atoms with van der Waals surface area (Å²) in [5, 5.41) is 4.33. The molecule has 0 atom stereocenters. The first-order chi connectivity index (χ1) is 8.34. The molecule has 0 spiro atoms. The molecule has 0 bridgehead atoms. The Bertz CT molecular complexity index is 659. The summed E-state index contributed by atoms with van der Waals surface area (Å²) >= 11 is 1.39. The fourth-order valence-corrected chi connectivity index (χ4v) is 2.11. The van der Waals surface area contributed by atoms with E-state index in [1.165, 1.54) is 11.3 Å². The predicted molar refractivity (Wildman–Crippen MR) is 66.2 cm³/mol. The van der Waals surface area contributed by atoms with E-state index in [2.05, 4.69) is 20.3 Å². The number of aromatic nitrogens is 3. The fraction of sp³-hybridized carbons (Fsp3) is 0. The SMILES string of the molecule is O=C(Nc1cncs1)c1c[nH]c2ncccc12. The van der Waals surface area contributed by atoms with Crippen molar-refractivity contribution in [2.24, 2.45) is 0 Å². The van der Waals surface area contributed by atoms with Gasteiger partial charge in [0.05, 0.1) is 17.3 Å². The largest absolute Gasteiger partial charge is 0.345 e. The van der Waals surface area contributed by atoms with Gasteiger partial charge in [-0.05, 0) is 12.1 Å². The van der Waals surface area contributed by atoms with Crippen LogP contribution in [0, 0.1) is 0 Å². The molecule has 0 aliphatic heterocycles. The summed E-state index contributed by atoms with van der Waals surface area (Å²) in [4.78, 5) is 23.0. The molecule has 0 radical (unpaired) electrons. The summed E-state index contributed by atoms with van der Waals surface area (Å²) < 4.78 is 0. The van der Waals surface area contributed by atoms with Gasteiger partial charge in [-0.15, -0.1) is 11.3 Å². The summed E-state index contributed by atoms with van der Waals surface area (Å²) in [6.07, 6.45) is 4.97. The molecule has 1 amide bonds. The van der Waals surface area contributed by atoms with Crippen molar-refractivity contribution in [3.05, 3.63) is 41.8 Å². The van der Waals surface area contributed by atoms with Crippen molar-refractivity contribution in [1.29, 1.82) is 0 Å². The molecule has 3 rings (SSSR count). The minimum atomic E-state index is -0.159. The van der Waals surface area contributed by atoms with Gasteiger partial charge in [-0.3, -0.25) is 9.78 Å². The van der Waals surface area contributed by atoms with Gasteiger partial charge in [-0.2, -0.15) is 0 Å². The first-order valence-electron chi connectivity index (χ1n) is 4.96. The number of amides is 1. The van der Waals surface area contributed by atoms with E-state index in [9.17, 15) is 4.79 Å². The van der Waals surface area contributed by atoms with Crippen molar-refractivity contribution in [3.63, 3.8) is 0 Å². The number of hydrogen-bond donors (Lipinski definition) is 2. The van der Waals surface area contributed by atoms with Crippen molar-refractivity contribution in [2.45, 2.75) is 0 Å². The maximum absolute atomic E-state index is 12.0. The van der Waals surface area contributed by atoms with Gasteiger partial charge in [0.2, 0.25) is 0 Å². The molecule has 3 aromatic rings. The molecule has 0 unspecified atom stereocenters. The van der Waals surface area contributed by atoms with Crippen LogP contribution in [0.3, 0.4) is 0 Å². The second kappa shape index (κ2) is 3.99. The van der Waals surface area contributed by atoms with Crippen LogP contribution in [-0.4, -0.2) is 20.9 Å². The minimum Gasteiger partial charge on any atom is -0.345 e. The summed E-state index contributed by atoms with van der Waals surface area (Å²) in [5.74, 6) is -0.159. The van der Waals surface area contributed by atoms with E-state index in [0.717, 1.165) is 10.4 Å². The van der Waals surface area contributed by atoms with Gasteiger partial charge in [-0.1, -0.05) is 0 Å². The highest BCUT2D eigenvalue weighted by atomic mass is 32.1. The lowest BCUT2D eigenvalue weighted by Gasteiger charge is -1.99. The van der Waals surface area contributed by atoms with Crippen molar-refractivity contribution in [2.75, 3.05) is 5.32 Å². The maximum Gasteiger partial charge on any atom is 0.258 e. The van der Waals surface area contributed by atoms with E-state index in [1.807, 2.05) is 6.07 Å². The Labute approximate surface area is 101 Å². The molecule has 0 saturated heterocycles. The van der Waals surface area contributed by atoms with Gasteiger partial charge in [0, 0.05) is 17.8 Å². The lowest BCUT2D eigenvalue weighted by atomic mass is 10.2. The number of fused-ring (bicyclic) bond motifs is 1. The zero-order valence-electron chi connectivity index (χ0n) is 8.68. The molecule has 6 heteroatoms. The topological polar surface area (TPSA) is 70.7 Å². The molecule has 0 aromatic carbocycles. The number of aromatic amines is 1. The number of pyridine rings is 1. The van der Waals surface area contributed by atoms with Crippen LogP contribution >= 0.6 is 11.3 Å². The molecule has 3 heterocycles. The molecule has 0 saturated carbocycles. The lowest BCUT2D eigenvalue weighted by Crippen LogP contribution is -2.10. The number of nitrogens with zero attached hydrogens (tertiary/aromatic N) is 2. The number of nitrogens with one attached hydrogen (secondary N) is 2. The molecule has 2 N–H and O–H groups in total. The highest BCUT2D eigenvalue weighted by molar-refractivity contribution is 7.14. The van der Waals surface area contributed by atoms with E-state index in [-0.39, 0.29) is 5.91 Å². The quantitative estimate of drug-likeness (QED) is 0.726. The molecule has 0 fully saturated rings. The van der Waals surface area contributed by atoms with Crippen LogP contribution in [0.25, 0.3) is 11.0 Å². The number of H-pyrrole nitrogens is 1. The Hall–Kier alpha value is -2.21. The Morgan fingerprint density at radius 2 is 2.41 bits per heavy atom. The van der Waals surface area contributed by atoms with Crippen LogP contribution in [0.1, 0.15) is 10.4 Å². The highest BCUT2D eigenvalue weighted by Gasteiger charge is 2.12. The van der Waals surface area contributed by atoms with Gasteiger partial charge in [0.1, 0.15) is 10.6 Å². The van der Waals surface area contributed by atoms with E-state index in [4.69, 9.17) is 0 Å². The Balaban J connectivity index is 1.96. The summed E-state index contributed by atoms with van der Waals surface area (Å²) in [6.45, 7) is 0. The highest BCUT2D eigenvalue weighted by Crippen LogP contribution is 2.19. The van der Waals surface area contributed by atoms with E-state index >= 15 is 0 Å². The van der Waals surface area contributed by atoms with E-state index in [1.54, 1.807) is 30.2 Å². The number of carbonyl (C=O) groups is 1. The van der Waals surface area contributed by atoms with Gasteiger partial charge in [0.15, 0.2) is 0 Å². The first-order valence-corrected chi connectivity index (χ1v) is 5.84. The standard InChI is InChI=1S/C11H8N4OS/c16-11(15-9-5-12-6-17-9)8-4-14-10-7(8)2-1-3-13-10/h1-6H,(H,13,14)(H,15,16). The number of rotatable bonds is 2. The van der Waals surface area contributed by atoms with Gasteiger partial charge >= 0.3 is 0 Å². The van der Waals surface area contributed by atoms with Gasteiger partial charge in [0.25, 0.3) is 5.91 Å². The Morgan fingerprint density at radius 1 is 1.47 bits per heavy atom. The van der Waals surface area contributed by atoms with Gasteiger partial charge in [-0.25, -0.2) is 4.98 Å². The molecule has 3 aromatic heterocycles. The van der Waals surface area contributed by atoms with Crippen LogP contribution < -0.4 is 5.32 Å². The summed E-state index contributed by atoms with van der Waals surface area (Å²) in [6, 6.07) is 3.67. The third kappa shape index (κ3) is 1.78. The van der Waals surface area contributed by atoms with E-state index < -0.39 is 0 Å². The number of thiazole rings is 1. The van der Waals surface area contributed by atoms with Crippen LogP contribution in [0.15, 0.2) is 36.2 Å².